The average Bonchev–Trinajstić information content (AvgIpc) is 1.84. The quantitative estimate of drug-likeness (QED) is 0.490. The summed E-state index contributed by atoms with van der Waals surface area (Å²) in [5.41, 5.74) is 0. The first-order chi connectivity index (χ1) is 4.79. The molecule has 0 bridgehead atoms. The minimum absolute atomic E-state index is 1.27. The highest BCUT2D eigenvalue weighted by Crippen LogP contribution is 1.98. The SMILES string of the molecule is CN1CCCN(C)CCC1. The molecule has 1 saturated heterocycles. The molecule has 0 unspecified atom stereocenters. The Morgan fingerprint density at radius 1 is 0.700 bits per heavy atom. The molecule has 1 heterocycles. The van der Waals surface area contributed by atoms with E-state index in [9.17, 15) is 0 Å². The Labute approximate surface area is 63.8 Å². The fourth-order valence-electron chi connectivity index (χ4n) is 1.44. The Bertz CT molecular complexity index is 73.3. The highest BCUT2D eigenvalue weighted by molar-refractivity contribution is 4.61. The van der Waals surface area contributed by atoms with Crippen molar-refractivity contribution in [2.45, 2.75) is 12.8 Å². The summed E-state index contributed by atoms with van der Waals surface area (Å²) in [5.74, 6) is 0. The highest BCUT2D eigenvalue weighted by atomic mass is 15.1. The monoisotopic (exact) mass is 142 g/mol. The van der Waals surface area contributed by atoms with Crippen molar-refractivity contribution >= 4 is 0 Å². The smallest absolute Gasteiger partial charge is 0.000959 e. The van der Waals surface area contributed by atoms with Crippen LogP contribution < -0.4 is 0 Å². The van der Waals surface area contributed by atoms with E-state index < -0.39 is 0 Å². The van der Waals surface area contributed by atoms with Crippen LogP contribution in [-0.2, 0) is 0 Å². The third kappa shape index (κ3) is 2.67. The van der Waals surface area contributed by atoms with E-state index in [1.165, 1.54) is 39.0 Å². The van der Waals surface area contributed by atoms with Gasteiger partial charge in [0.25, 0.3) is 0 Å². The van der Waals surface area contributed by atoms with Crippen LogP contribution in [0.5, 0.6) is 0 Å². The van der Waals surface area contributed by atoms with E-state index in [4.69, 9.17) is 0 Å². The van der Waals surface area contributed by atoms with Gasteiger partial charge in [0, 0.05) is 0 Å². The molecule has 0 amide bonds. The van der Waals surface area contributed by atoms with Gasteiger partial charge < -0.3 is 9.80 Å². The Morgan fingerprint density at radius 2 is 1.00 bits per heavy atom. The second-order valence-corrected chi connectivity index (χ2v) is 3.31. The minimum Gasteiger partial charge on any atom is -0.306 e. The summed E-state index contributed by atoms with van der Waals surface area (Å²) in [6.07, 6.45) is 2.65. The standard InChI is InChI=1S/C8H18N2/c1-9-5-3-7-10(2)8-4-6-9/h3-8H2,1-2H3. The van der Waals surface area contributed by atoms with Crippen molar-refractivity contribution in [3.63, 3.8) is 0 Å². The van der Waals surface area contributed by atoms with Crippen LogP contribution in [0.2, 0.25) is 0 Å². The van der Waals surface area contributed by atoms with E-state index in [2.05, 4.69) is 23.9 Å². The molecule has 0 N–H and O–H groups in total. The van der Waals surface area contributed by atoms with Gasteiger partial charge in [0.05, 0.1) is 0 Å². The van der Waals surface area contributed by atoms with Gasteiger partial charge in [-0.15, -0.1) is 0 Å². The Kier molecular flexibility index (Phi) is 3.16. The first kappa shape index (κ1) is 8.02. The number of hydrogen-bond donors (Lipinski definition) is 0. The zero-order chi connectivity index (χ0) is 7.40. The molecular formula is C8H18N2. The van der Waals surface area contributed by atoms with Gasteiger partial charge in [-0.3, -0.25) is 0 Å². The zero-order valence-corrected chi connectivity index (χ0v) is 7.14. The molecule has 0 aromatic rings. The first-order valence-electron chi connectivity index (χ1n) is 4.16. The first-order valence-corrected chi connectivity index (χ1v) is 4.16. The molecule has 0 aromatic carbocycles. The van der Waals surface area contributed by atoms with Crippen LogP contribution in [0.3, 0.4) is 0 Å². The van der Waals surface area contributed by atoms with Crippen LogP contribution in [0.15, 0.2) is 0 Å². The maximum atomic E-state index is 2.42. The number of nitrogens with zero attached hydrogens (tertiary/aromatic N) is 2. The predicted octanol–water partition coefficient (Wildman–Crippen LogP) is 0.644. The van der Waals surface area contributed by atoms with Crippen LogP contribution in [0, 0.1) is 0 Å². The number of rotatable bonds is 0. The predicted molar refractivity (Wildman–Crippen MR) is 44.2 cm³/mol. The fraction of sp³-hybridized carbons (Fsp3) is 1.00. The summed E-state index contributed by atoms with van der Waals surface area (Å²) in [4.78, 5) is 4.85. The molecule has 2 nitrogen and oxygen atoms in total. The van der Waals surface area contributed by atoms with Gasteiger partial charge in [-0.05, 0) is 53.1 Å². The van der Waals surface area contributed by atoms with Crippen molar-refractivity contribution in [2.75, 3.05) is 40.3 Å². The minimum atomic E-state index is 1.27. The van der Waals surface area contributed by atoms with Gasteiger partial charge in [0.2, 0.25) is 0 Å². The molecule has 1 aliphatic heterocycles. The third-order valence-electron chi connectivity index (χ3n) is 2.16. The van der Waals surface area contributed by atoms with Crippen LogP contribution in [0.4, 0.5) is 0 Å². The van der Waals surface area contributed by atoms with Gasteiger partial charge in [-0.1, -0.05) is 0 Å². The van der Waals surface area contributed by atoms with Crippen molar-refractivity contribution < 1.29 is 0 Å². The summed E-state index contributed by atoms with van der Waals surface area (Å²) in [6, 6.07) is 0. The van der Waals surface area contributed by atoms with Crippen LogP contribution in [-0.4, -0.2) is 50.1 Å². The normalized spacial score (nSPS) is 25.8. The summed E-state index contributed by atoms with van der Waals surface area (Å²) in [6.45, 7) is 5.07. The topological polar surface area (TPSA) is 6.48 Å². The Balaban J connectivity index is 2.21. The van der Waals surface area contributed by atoms with Crippen LogP contribution in [0.1, 0.15) is 12.8 Å². The molecular weight excluding hydrogens is 124 g/mol. The maximum absolute atomic E-state index is 2.42. The number of hydrogen-bond acceptors (Lipinski definition) is 2. The third-order valence-corrected chi connectivity index (χ3v) is 2.16. The molecule has 10 heavy (non-hydrogen) atoms. The highest BCUT2D eigenvalue weighted by Gasteiger charge is 2.05. The van der Waals surface area contributed by atoms with E-state index in [1.54, 1.807) is 0 Å². The molecule has 1 rings (SSSR count). The molecule has 0 saturated carbocycles. The van der Waals surface area contributed by atoms with E-state index >= 15 is 0 Å². The molecule has 1 aliphatic rings. The van der Waals surface area contributed by atoms with Crippen molar-refractivity contribution in [1.29, 1.82) is 0 Å². The van der Waals surface area contributed by atoms with Crippen molar-refractivity contribution in [1.82, 2.24) is 9.80 Å². The molecule has 2 heteroatoms. The second-order valence-electron chi connectivity index (χ2n) is 3.31. The van der Waals surface area contributed by atoms with Crippen LogP contribution in [0.25, 0.3) is 0 Å². The van der Waals surface area contributed by atoms with E-state index in [0.29, 0.717) is 0 Å². The molecule has 0 aromatic heterocycles. The molecule has 60 valence electrons. The largest absolute Gasteiger partial charge is 0.306 e. The molecule has 0 aliphatic carbocycles. The lowest BCUT2D eigenvalue weighted by Gasteiger charge is -2.24. The van der Waals surface area contributed by atoms with Crippen molar-refractivity contribution in [2.24, 2.45) is 0 Å². The van der Waals surface area contributed by atoms with Gasteiger partial charge in [0.1, 0.15) is 0 Å². The van der Waals surface area contributed by atoms with Crippen molar-refractivity contribution in [3.8, 4) is 0 Å². The fourth-order valence-corrected chi connectivity index (χ4v) is 1.44. The molecule has 0 atom stereocenters. The summed E-state index contributed by atoms with van der Waals surface area (Å²) in [7, 11) is 4.43. The maximum Gasteiger partial charge on any atom is -0.000959 e. The molecule has 0 spiro atoms. The van der Waals surface area contributed by atoms with Gasteiger partial charge in [0.15, 0.2) is 0 Å². The lowest BCUT2D eigenvalue weighted by molar-refractivity contribution is 0.229. The Hall–Kier alpha value is -0.0800. The summed E-state index contributed by atoms with van der Waals surface area (Å²) >= 11 is 0. The Morgan fingerprint density at radius 3 is 1.30 bits per heavy atom. The lowest BCUT2D eigenvalue weighted by Crippen LogP contribution is -2.32. The zero-order valence-electron chi connectivity index (χ0n) is 7.14. The van der Waals surface area contributed by atoms with Gasteiger partial charge >= 0.3 is 0 Å². The van der Waals surface area contributed by atoms with E-state index in [0.717, 1.165) is 0 Å². The van der Waals surface area contributed by atoms with E-state index in [-0.39, 0.29) is 0 Å². The van der Waals surface area contributed by atoms with Gasteiger partial charge in [-0.2, -0.15) is 0 Å². The second kappa shape index (κ2) is 3.94. The van der Waals surface area contributed by atoms with E-state index in [1.807, 2.05) is 0 Å². The van der Waals surface area contributed by atoms with Crippen molar-refractivity contribution in [3.05, 3.63) is 0 Å². The summed E-state index contributed by atoms with van der Waals surface area (Å²) in [5, 5.41) is 0. The van der Waals surface area contributed by atoms with Crippen LogP contribution >= 0.6 is 0 Å². The molecule has 0 radical (unpaired) electrons. The lowest BCUT2D eigenvalue weighted by atomic mass is 10.3. The molecule has 1 fully saturated rings. The van der Waals surface area contributed by atoms with Gasteiger partial charge in [-0.25, -0.2) is 0 Å². The average molecular weight is 142 g/mol. The summed E-state index contributed by atoms with van der Waals surface area (Å²) < 4.78 is 0.